The van der Waals surface area contributed by atoms with E-state index in [4.69, 9.17) is 0 Å². The van der Waals surface area contributed by atoms with E-state index in [1.165, 1.54) is 19.3 Å². The van der Waals surface area contributed by atoms with Crippen molar-refractivity contribution in [2.24, 2.45) is 0 Å². The minimum Gasteiger partial charge on any atom is -0.345 e. The van der Waals surface area contributed by atoms with Gasteiger partial charge in [0, 0.05) is 36.4 Å². The zero-order valence-electron chi connectivity index (χ0n) is 19.0. The molecule has 0 aliphatic carbocycles. The Bertz CT molecular complexity index is 1530. The lowest BCUT2D eigenvalue weighted by molar-refractivity contribution is -0.140. The molecule has 1 atom stereocenters. The van der Waals surface area contributed by atoms with Gasteiger partial charge in [0.1, 0.15) is 23.8 Å². The topological polar surface area (TPSA) is 142 Å². The molecule has 14 heteroatoms. The van der Waals surface area contributed by atoms with E-state index in [2.05, 4.69) is 24.9 Å². The zero-order valence-corrected chi connectivity index (χ0v) is 19.0. The van der Waals surface area contributed by atoms with Crippen LogP contribution >= 0.6 is 0 Å². The fourth-order valence-electron chi connectivity index (χ4n) is 4.27. The predicted molar refractivity (Wildman–Crippen MR) is 122 cm³/mol. The molecule has 5 heterocycles. The quantitative estimate of drug-likeness (QED) is 0.382. The van der Waals surface area contributed by atoms with Crippen molar-refractivity contribution in [3.05, 3.63) is 40.7 Å². The number of aromatic nitrogens is 6. The second-order valence-electron chi connectivity index (χ2n) is 8.56. The molecule has 4 aromatic rings. The lowest BCUT2D eigenvalue weighted by Crippen LogP contribution is -2.39. The Morgan fingerprint density at radius 2 is 1.94 bits per heavy atom. The average molecular weight is 502 g/mol. The van der Waals surface area contributed by atoms with Crippen LogP contribution < -0.4 is 11.0 Å². The van der Waals surface area contributed by atoms with Crippen LogP contribution in [-0.4, -0.2) is 72.0 Å². The van der Waals surface area contributed by atoms with Gasteiger partial charge >= 0.3 is 11.9 Å². The highest BCUT2D eigenvalue weighted by Crippen LogP contribution is 2.28. The van der Waals surface area contributed by atoms with E-state index in [9.17, 15) is 27.6 Å². The first-order chi connectivity index (χ1) is 17.1. The van der Waals surface area contributed by atoms with Crippen molar-refractivity contribution < 1.29 is 22.8 Å². The molecule has 0 aromatic carbocycles. The number of rotatable bonds is 5. The molecule has 1 aliphatic rings. The van der Waals surface area contributed by atoms with E-state index < -0.39 is 30.4 Å². The SMILES string of the molecule is CC(C(=O)NCC(F)(F)F)n1c(=O)[nH]c2cnc(-c3c[nH]c4ncc(C(=O)N5CCCC5)cc34)nc21. The number of carbonyl (C=O) groups excluding carboxylic acids is 2. The van der Waals surface area contributed by atoms with Gasteiger partial charge < -0.3 is 20.2 Å². The van der Waals surface area contributed by atoms with Crippen LogP contribution in [0.1, 0.15) is 36.2 Å². The molecule has 3 N–H and O–H groups in total. The molecular formula is C22H21F3N8O3. The summed E-state index contributed by atoms with van der Waals surface area (Å²) in [5, 5.41) is 2.36. The Balaban J connectivity index is 1.52. The molecule has 36 heavy (non-hydrogen) atoms. The van der Waals surface area contributed by atoms with Crippen molar-refractivity contribution in [3.8, 4) is 11.4 Å². The summed E-state index contributed by atoms with van der Waals surface area (Å²) in [6, 6.07) is 0.422. The average Bonchev–Trinajstić information content (AvgIpc) is 3.58. The van der Waals surface area contributed by atoms with Gasteiger partial charge in [-0.2, -0.15) is 13.2 Å². The summed E-state index contributed by atoms with van der Waals surface area (Å²) in [7, 11) is 0. The first-order valence-corrected chi connectivity index (χ1v) is 11.2. The van der Waals surface area contributed by atoms with Gasteiger partial charge in [-0.25, -0.2) is 19.7 Å². The number of hydrogen-bond acceptors (Lipinski definition) is 6. The molecule has 0 radical (unpaired) electrons. The number of likely N-dealkylation sites (tertiary alicyclic amines) is 1. The van der Waals surface area contributed by atoms with Crippen LogP contribution in [0.4, 0.5) is 13.2 Å². The second kappa shape index (κ2) is 8.77. The van der Waals surface area contributed by atoms with Crippen LogP contribution in [0.2, 0.25) is 0 Å². The molecule has 2 amide bonds. The Hall–Kier alpha value is -4.23. The molecular weight excluding hydrogens is 481 g/mol. The van der Waals surface area contributed by atoms with E-state index >= 15 is 0 Å². The normalized spacial score (nSPS) is 15.1. The predicted octanol–water partition coefficient (Wildman–Crippen LogP) is 2.14. The number of hydrogen-bond donors (Lipinski definition) is 3. The van der Waals surface area contributed by atoms with E-state index in [0.717, 1.165) is 17.4 Å². The van der Waals surface area contributed by atoms with Gasteiger partial charge in [-0.15, -0.1) is 0 Å². The molecule has 1 unspecified atom stereocenters. The minimum atomic E-state index is -4.59. The standard InChI is InChI=1S/C22H21F3N8O3/c1-11(19(34)29-10-22(23,24)25)33-18-15(30-21(33)36)9-28-17(31-18)14-8-27-16-13(14)6-12(7-26-16)20(35)32-4-2-3-5-32/h6-9,11H,2-5,10H2,1H3,(H,26,27)(H,29,34)(H,30,36). The van der Waals surface area contributed by atoms with E-state index in [-0.39, 0.29) is 22.9 Å². The lowest BCUT2D eigenvalue weighted by Gasteiger charge is -2.15. The van der Waals surface area contributed by atoms with Gasteiger partial charge in [-0.1, -0.05) is 0 Å². The molecule has 11 nitrogen and oxygen atoms in total. The summed E-state index contributed by atoms with van der Waals surface area (Å²) < 4.78 is 38.5. The van der Waals surface area contributed by atoms with Gasteiger partial charge in [0.2, 0.25) is 5.91 Å². The molecule has 0 saturated carbocycles. The van der Waals surface area contributed by atoms with Crippen LogP contribution in [0.25, 0.3) is 33.6 Å². The molecule has 5 rings (SSSR count). The fraction of sp³-hybridized carbons (Fsp3) is 0.364. The third kappa shape index (κ3) is 4.29. The first kappa shape index (κ1) is 23.5. The largest absolute Gasteiger partial charge is 0.405 e. The van der Waals surface area contributed by atoms with Crippen LogP contribution in [-0.2, 0) is 4.79 Å². The van der Waals surface area contributed by atoms with Crippen LogP contribution in [0, 0.1) is 0 Å². The smallest absolute Gasteiger partial charge is 0.345 e. The number of amides is 2. The van der Waals surface area contributed by atoms with Gasteiger partial charge in [-0.3, -0.25) is 14.2 Å². The van der Waals surface area contributed by atoms with Crippen molar-refractivity contribution in [1.29, 1.82) is 0 Å². The molecule has 0 bridgehead atoms. The van der Waals surface area contributed by atoms with Crippen molar-refractivity contribution in [2.75, 3.05) is 19.6 Å². The maximum atomic E-state index is 12.8. The van der Waals surface area contributed by atoms with Crippen LogP contribution in [0.15, 0.2) is 29.5 Å². The molecule has 1 aliphatic heterocycles. The summed E-state index contributed by atoms with van der Waals surface area (Å²) in [5.41, 5.74) is 0.960. The van der Waals surface area contributed by atoms with E-state index in [0.29, 0.717) is 35.2 Å². The van der Waals surface area contributed by atoms with Gasteiger partial charge in [0.15, 0.2) is 11.5 Å². The van der Waals surface area contributed by atoms with E-state index in [1.807, 2.05) is 0 Å². The number of imidazole rings is 1. The van der Waals surface area contributed by atoms with Crippen LogP contribution in [0.3, 0.4) is 0 Å². The Morgan fingerprint density at radius 3 is 2.67 bits per heavy atom. The van der Waals surface area contributed by atoms with Crippen molar-refractivity contribution in [2.45, 2.75) is 32.0 Å². The summed E-state index contributed by atoms with van der Waals surface area (Å²) in [5.74, 6) is -0.933. The molecule has 1 saturated heterocycles. The highest BCUT2D eigenvalue weighted by Gasteiger charge is 2.30. The number of nitrogens with zero attached hydrogens (tertiary/aromatic N) is 5. The number of alkyl halides is 3. The lowest BCUT2D eigenvalue weighted by atomic mass is 10.1. The summed E-state index contributed by atoms with van der Waals surface area (Å²) >= 11 is 0. The maximum absolute atomic E-state index is 12.8. The monoisotopic (exact) mass is 502 g/mol. The highest BCUT2D eigenvalue weighted by molar-refractivity contribution is 6.00. The van der Waals surface area contributed by atoms with E-state index in [1.54, 1.807) is 22.5 Å². The Labute approximate surface area is 200 Å². The number of carbonyl (C=O) groups is 2. The van der Waals surface area contributed by atoms with Crippen molar-refractivity contribution in [3.63, 3.8) is 0 Å². The summed E-state index contributed by atoms with van der Waals surface area (Å²) in [4.78, 5) is 58.0. The number of nitrogens with one attached hydrogen (secondary N) is 3. The van der Waals surface area contributed by atoms with Gasteiger partial charge in [-0.05, 0) is 25.8 Å². The number of H-pyrrole nitrogens is 2. The Kier molecular flexibility index (Phi) is 5.73. The third-order valence-corrected chi connectivity index (χ3v) is 6.10. The van der Waals surface area contributed by atoms with Gasteiger partial charge in [0.05, 0.1) is 11.8 Å². The number of aromatic amines is 2. The zero-order chi connectivity index (χ0) is 25.6. The van der Waals surface area contributed by atoms with Crippen molar-refractivity contribution in [1.82, 2.24) is 39.7 Å². The number of fused-ring (bicyclic) bond motifs is 2. The number of halogens is 3. The van der Waals surface area contributed by atoms with Crippen molar-refractivity contribution >= 4 is 34.0 Å². The Morgan fingerprint density at radius 1 is 1.19 bits per heavy atom. The number of pyridine rings is 1. The fourth-order valence-corrected chi connectivity index (χ4v) is 4.27. The third-order valence-electron chi connectivity index (χ3n) is 6.10. The minimum absolute atomic E-state index is 0.0475. The molecule has 1 fully saturated rings. The second-order valence-corrected chi connectivity index (χ2v) is 8.56. The molecule has 188 valence electrons. The highest BCUT2D eigenvalue weighted by atomic mass is 19.4. The van der Waals surface area contributed by atoms with Crippen LogP contribution in [0.5, 0.6) is 0 Å². The van der Waals surface area contributed by atoms with Gasteiger partial charge in [0.25, 0.3) is 5.91 Å². The molecule has 4 aromatic heterocycles. The first-order valence-electron chi connectivity index (χ1n) is 11.2. The molecule has 0 spiro atoms. The summed E-state index contributed by atoms with van der Waals surface area (Å²) in [6.07, 6.45) is 1.77. The maximum Gasteiger partial charge on any atom is 0.405 e. The summed E-state index contributed by atoms with van der Waals surface area (Å²) in [6.45, 7) is 1.16.